The molecule has 0 bridgehead atoms. The Labute approximate surface area is 97.1 Å². The van der Waals surface area contributed by atoms with E-state index < -0.39 is 5.67 Å². The molecule has 0 spiro atoms. The number of benzene rings is 1. The van der Waals surface area contributed by atoms with E-state index in [-0.39, 0.29) is 0 Å². The van der Waals surface area contributed by atoms with Crippen molar-refractivity contribution in [1.82, 2.24) is 5.32 Å². The van der Waals surface area contributed by atoms with Crippen LogP contribution in [-0.4, -0.2) is 13.1 Å². The first kappa shape index (κ1) is 11.6. The molecule has 1 unspecified atom stereocenters. The van der Waals surface area contributed by atoms with Crippen molar-refractivity contribution in [2.45, 2.75) is 38.8 Å². The second kappa shape index (κ2) is 4.54. The van der Waals surface area contributed by atoms with Crippen LogP contribution in [0.4, 0.5) is 4.39 Å². The van der Waals surface area contributed by atoms with Gasteiger partial charge >= 0.3 is 0 Å². The smallest absolute Gasteiger partial charge is 0.137 e. The molecule has 1 aromatic carbocycles. The average molecular weight is 221 g/mol. The molecular formula is C14H20FN. The van der Waals surface area contributed by atoms with E-state index in [0.29, 0.717) is 12.8 Å². The Bertz CT molecular complexity index is 365. The molecule has 16 heavy (non-hydrogen) atoms. The van der Waals surface area contributed by atoms with Crippen molar-refractivity contribution in [3.8, 4) is 0 Å². The second-order valence-electron chi connectivity index (χ2n) is 4.82. The van der Waals surface area contributed by atoms with Crippen molar-refractivity contribution >= 4 is 0 Å². The van der Waals surface area contributed by atoms with Crippen LogP contribution in [0.15, 0.2) is 18.2 Å². The van der Waals surface area contributed by atoms with Crippen molar-refractivity contribution in [2.24, 2.45) is 0 Å². The highest BCUT2D eigenvalue weighted by Gasteiger charge is 2.33. The Morgan fingerprint density at radius 2 is 2.00 bits per heavy atom. The van der Waals surface area contributed by atoms with Crippen molar-refractivity contribution < 1.29 is 4.39 Å². The molecule has 2 heteroatoms. The Morgan fingerprint density at radius 3 is 2.81 bits per heavy atom. The van der Waals surface area contributed by atoms with E-state index >= 15 is 0 Å². The largest absolute Gasteiger partial charge is 0.317 e. The summed E-state index contributed by atoms with van der Waals surface area (Å²) < 4.78 is 15.0. The molecule has 1 atom stereocenters. The Hall–Kier alpha value is -0.890. The van der Waals surface area contributed by atoms with Crippen LogP contribution in [0.2, 0.25) is 0 Å². The van der Waals surface area contributed by atoms with Gasteiger partial charge in [-0.1, -0.05) is 18.2 Å². The number of nitrogens with one attached hydrogen (secondary N) is 1. The van der Waals surface area contributed by atoms with Crippen molar-refractivity contribution in [3.63, 3.8) is 0 Å². The van der Waals surface area contributed by atoms with Crippen LogP contribution in [0.5, 0.6) is 0 Å². The maximum Gasteiger partial charge on any atom is 0.137 e. The molecule has 0 aromatic heterocycles. The Balaban J connectivity index is 2.37. The summed E-state index contributed by atoms with van der Waals surface area (Å²) in [6.07, 6.45) is 2.16. The van der Waals surface area contributed by atoms with Gasteiger partial charge in [-0.3, -0.25) is 0 Å². The van der Waals surface area contributed by atoms with Gasteiger partial charge < -0.3 is 5.32 Å². The number of hydrogen-bond donors (Lipinski definition) is 1. The minimum Gasteiger partial charge on any atom is -0.317 e. The highest BCUT2D eigenvalue weighted by Crippen LogP contribution is 2.38. The van der Waals surface area contributed by atoms with E-state index in [0.717, 1.165) is 30.6 Å². The molecule has 1 N–H and O–H groups in total. The van der Waals surface area contributed by atoms with Gasteiger partial charge in [-0.25, -0.2) is 4.39 Å². The highest BCUT2D eigenvalue weighted by atomic mass is 19.1. The molecule has 1 fully saturated rings. The molecule has 1 aliphatic rings. The van der Waals surface area contributed by atoms with Gasteiger partial charge in [0.05, 0.1) is 0 Å². The number of rotatable bonds is 1. The van der Waals surface area contributed by atoms with Crippen molar-refractivity contribution in [1.29, 1.82) is 0 Å². The van der Waals surface area contributed by atoms with Crippen LogP contribution in [0.3, 0.4) is 0 Å². The van der Waals surface area contributed by atoms with Crippen LogP contribution in [0.25, 0.3) is 0 Å². The fourth-order valence-electron chi connectivity index (χ4n) is 2.54. The first-order valence-corrected chi connectivity index (χ1v) is 6.10. The van der Waals surface area contributed by atoms with Crippen LogP contribution < -0.4 is 5.32 Å². The second-order valence-corrected chi connectivity index (χ2v) is 4.82. The van der Waals surface area contributed by atoms with E-state index in [2.05, 4.69) is 18.3 Å². The van der Waals surface area contributed by atoms with Gasteiger partial charge in [0.2, 0.25) is 0 Å². The molecule has 0 radical (unpaired) electrons. The number of alkyl halides is 1. The molecule has 2 rings (SSSR count). The van der Waals surface area contributed by atoms with Gasteiger partial charge in [-0.05, 0) is 62.9 Å². The monoisotopic (exact) mass is 221 g/mol. The molecule has 1 nitrogen and oxygen atoms in total. The average Bonchev–Trinajstić information content (AvgIpc) is 2.48. The van der Waals surface area contributed by atoms with Gasteiger partial charge in [-0.2, -0.15) is 0 Å². The summed E-state index contributed by atoms with van der Waals surface area (Å²) in [5.74, 6) is 0. The predicted molar refractivity (Wildman–Crippen MR) is 65.4 cm³/mol. The molecular weight excluding hydrogens is 201 g/mol. The molecule has 1 heterocycles. The first-order valence-electron chi connectivity index (χ1n) is 6.10. The molecule has 1 aromatic rings. The molecule has 1 aliphatic heterocycles. The fraction of sp³-hybridized carbons (Fsp3) is 0.571. The zero-order valence-corrected chi connectivity index (χ0v) is 10.1. The van der Waals surface area contributed by atoms with E-state index in [9.17, 15) is 4.39 Å². The first-order chi connectivity index (χ1) is 7.63. The fourth-order valence-corrected chi connectivity index (χ4v) is 2.54. The predicted octanol–water partition coefficient (Wildman–Crippen LogP) is 3.24. The minimum atomic E-state index is -1.13. The molecule has 0 amide bonds. The van der Waals surface area contributed by atoms with Gasteiger partial charge in [-0.15, -0.1) is 0 Å². The van der Waals surface area contributed by atoms with Gasteiger partial charge in [0.15, 0.2) is 0 Å². The Morgan fingerprint density at radius 1 is 1.19 bits per heavy atom. The van der Waals surface area contributed by atoms with Crippen molar-refractivity contribution in [2.75, 3.05) is 13.1 Å². The third kappa shape index (κ3) is 2.12. The van der Waals surface area contributed by atoms with E-state index in [1.165, 1.54) is 5.56 Å². The maximum atomic E-state index is 15.0. The lowest BCUT2D eigenvalue weighted by Gasteiger charge is -2.26. The van der Waals surface area contributed by atoms with Gasteiger partial charge in [0.25, 0.3) is 0 Å². The maximum absolute atomic E-state index is 15.0. The number of aryl methyl sites for hydroxylation is 1. The Kier molecular flexibility index (Phi) is 3.29. The molecule has 0 aliphatic carbocycles. The zero-order valence-electron chi connectivity index (χ0n) is 10.1. The topological polar surface area (TPSA) is 12.0 Å². The highest BCUT2D eigenvalue weighted by molar-refractivity contribution is 5.37. The lowest BCUT2D eigenvalue weighted by molar-refractivity contribution is 0.144. The zero-order chi connectivity index (χ0) is 11.6. The summed E-state index contributed by atoms with van der Waals surface area (Å²) >= 11 is 0. The summed E-state index contributed by atoms with van der Waals surface area (Å²) in [5.41, 5.74) is 2.08. The third-order valence-corrected chi connectivity index (χ3v) is 3.71. The quantitative estimate of drug-likeness (QED) is 0.767. The lowest BCUT2D eigenvalue weighted by Crippen LogP contribution is -2.23. The summed E-state index contributed by atoms with van der Waals surface area (Å²) in [6.45, 7) is 5.81. The van der Waals surface area contributed by atoms with Gasteiger partial charge in [0, 0.05) is 0 Å². The lowest BCUT2D eigenvalue weighted by atomic mass is 9.84. The van der Waals surface area contributed by atoms with Gasteiger partial charge in [0.1, 0.15) is 5.67 Å². The van der Waals surface area contributed by atoms with E-state index in [1.807, 2.05) is 19.1 Å². The number of halogens is 1. The summed E-state index contributed by atoms with van der Waals surface area (Å²) in [5, 5.41) is 3.27. The van der Waals surface area contributed by atoms with E-state index in [1.54, 1.807) is 0 Å². The SMILES string of the molecule is Cc1cccc(C2(F)CCCNCC2)c1C. The van der Waals surface area contributed by atoms with Crippen LogP contribution in [-0.2, 0) is 5.67 Å². The van der Waals surface area contributed by atoms with Crippen LogP contribution in [0, 0.1) is 13.8 Å². The molecule has 0 saturated carbocycles. The summed E-state index contributed by atoms with van der Waals surface area (Å²) in [6, 6.07) is 5.97. The number of hydrogen-bond acceptors (Lipinski definition) is 1. The van der Waals surface area contributed by atoms with Crippen LogP contribution >= 0.6 is 0 Å². The third-order valence-electron chi connectivity index (χ3n) is 3.71. The van der Waals surface area contributed by atoms with E-state index in [4.69, 9.17) is 0 Å². The summed E-state index contributed by atoms with van der Waals surface area (Å²) in [4.78, 5) is 0. The molecule has 1 saturated heterocycles. The van der Waals surface area contributed by atoms with Crippen molar-refractivity contribution in [3.05, 3.63) is 34.9 Å². The normalized spacial score (nSPS) is 26.4. The molecule has 88 valence electrons. The van der Waals surface area contributed by atoms with Crippen LogP contribution in [0.1, 0.15) is 36.0 Å². The minimum absolute atomic E-state index is 0.595. The summed E-state index contributed by atoms with van der Waals surface area (Å²) in [7, 11) is 0. The standard InChI is InChI=1S/C14H20FN/c1-11-5-3-6-13(12(11)2)14(15)7-4-9-16-10-8-14/h3,5-6,16H,4,7-10H2,1-2H3.